The van der Waals surface area contributed by atoms with Crippen LogP contribution in [0.1, 0.15) is 19.8 Å². The smallest absolute Gasteiger partial charge is 0.319 e. The average molecular weight is 336 g/mol. The van der Waals surface area contributed by atoms with Crippen LogP contribution < -0.4 is 5.32 Å². The number of hydrogen-bond acceptors (Lipinski definition) is 3. The molecule has 5 heteroatoms. The molecule has 0 spiro atoms. The number of hydrogen-bond donors (Lipinski definition) is 1. The number of urea groups is 1. The van der Waals surface area contributed by atoms with E-state index in [0.29, 0.717) is 6.04 Å². The van der Waals surface area contributed by atoms with Crippen molar-refractivity contribution in [3.63, 3.8) is 0 Å². The highest BCUT2D eigenvalue weighted by molar-refractivity contribution is 5.94. The van der Waals surface area contributed by atoms with Crippen molar-refractivity contribution in [1.29, 1.82) is 0 Å². The number of benzene rings is 1. The molecule has 25 heavy (non-hydrogen) atoms. The molecular weight excluding hydrogens is 312 g/mol. The van der Waals surface area contributed by atoms with Crippen LogP contribution in [0.15, 0.2) is 48.8 Å². The lowest BCUT2D eigenvalue weighted by atomic mass is 10.0. The molecule has 0 bridgehead atoms. The summed E-state index contributed by atoms with van der Waals surface area (Å²) in [7, 11) is 0. The second kappa shape index (κ2) is 6.84. The maximum Gasteiger partial charge on any atom is 0.322 e. The zero-order chi connectivity index (χ0) is 17.2. The molecule has 0 saturated carbocycles. The summed E-state index contributed by atoms with van der Waals surface area (Å²) in [6, 6.07) is 12.6. The van der Waals surface area contributed by atoms with Crippen molar-refractivity contribution in [1.82, 2.24) is 14.8 Å². The van der Waals surface area contributed by atoms with Crippen molar-refractivity contribution in [2.24, 2.45) is 0 Å². The Morgan fingerprint density at radius 1 is 1.16 bits per heavy atom. The molecule has 2 saturated heterocycles. The summed E-state index contributed by atoms with van der Waals surface area (Å²) in [6.07, 6.45) is 5.99. The van der Waals surface area contributed by atoms with Crippen molar-refractivity contribution in [2.45, 2.75) is 31.8 Å². The van der Waals surface area contributed by atoms with Crippen LogP contribution in [0, 0.1) is 0 Å². The Bertz CT molecular complexity index is 748. The van der Waals surface area contributed by atoms with Gasteiger partial charge in [0.05, 0.1) is 5.69 Å². The summed E-state index contributed by atoms with van der Waals surface area (Å²) in [6.45, 7) is 5.12. The van der Waals surface area contributed by atoms with Gasteiger partial charge < -0.3 is 10.2 Å². The predicted octanol–water partition coefficient (Wildman–Crippen LogP) is 3.45. The fraction of sp³-hybridized carbons (Fsp3) is 0.400. The van der Waals surface area contributed by atoms with Gasteiger partial charge >= 0.3 is 6.03 Å². The fourth-order valence-corrected chi connectivity index (χ4v) is 4.03. The minimum absolute atomic E-state index is 0.000515. The van der Waals surface area contributed by atoms with Crippen LogP contribution in [0.25, 0.3) is 11.1 Å². The van der Waals surface area contributed by atoms with E-state index in [1.54, 1.807) is 12.4 Å². The summed E-state index contributed by atoms with van der Waals surface area (Å²) < 4.78 is 0. The normalized spacial score (nSPS) is 23.3. The fourth-order valence-electron chi connectivity index (χ4n) is 4.03. The first-order valence-electron chi connectivity index (χ1n) is 9.03. The maximum atomic E-state index is 12.9. The van der Waals surface area contributed by atoms with Gasteiger partial charge in [0, 0.05) is 43.1 Å². The third-order valence-corrected chi connectivity index (χ3v) is 5.36. The molecule has 0 unspecified atom stereocenters. The molecule has 130 valence electrons. The van der Waals surface area contributed by atoms with Crippen LogP contribution >= 0.6 is 0 Å². The summed E-state index contributed by atoms with van der Waals surface area (Å²) in [4.78, 5) is 21.5. The molecule has 1 aromatic heterocycles. The minimum Gasteiger partial charge on any atom is -0.319 e. The molecular formula is C20H24N4O. The molecule has 5 nitrogen and oxygen atoms in total. The van der Waals surface area contributed by atoms with Gasteiger partial charge in [0.2, 0.25) is 0 Å². The first kappa shape index (κ1) is 16.1. The first-order valence-corrected chi connectivity index (χ1v) is 9.03. The quantitative estimate of drug-likeness (QED) is 0.914. The second-order valence-electron chi connectivity index (χ2n) is 7.00. The number of nitrogens with one attached hydrogen (secondary N) is 1. The Balaban J connectivity index is 1.53. The molecule has 2 amide bonds. The molecule has 1 aromatic carbocycles. The Hall–Kier alpha value is -2.40. The molecule has 0 aliphatic carbocycles. The molecule has 2 aliphatic rings. The SMILES string of the molecule is C[C@H]1CN2CCC[C@@H]2CN1C(=O)Nc1ccccc1-c1ccncc1. The van der Waals surface area contributed by atoms with E-state index < -0.39 is 0 Å². The van der Waals surface area contributed by atoms with Crippen LogP contribution in [0.3, 0.4) is 0 Å². The summed E-state index contributed by atoms with van der Waals surface area (Å²) in [5, 5.41) is 3.14. The van der Waals surface area contributed by atoms with Gasteiger partial charge in [-0.3, -0.25) is 9.88 Å². The van der Waals surface area contributed by atoms with E-state index in [1.807, 2.05) is 41.3 Å². The maximum absolute atomic E-state index is 12.9. The van der Waals surface area contributed by atoms with E-state index >= 15 is 0 Å². The van der Waals surface area contributed by atoms with E-state index in [-0.39, 0.29) is 12.1 Å². The van der Waals surface area contributed by atoms with Gasteiger partial charge in [-0.25, -0.2) is 4.79 Å². The van der Waals surface area contributed by atoms with Crippen molar-refractivity contribution in [3.8, 4) is 11.1 Å². The number of anilines is 1. The van der Waals surface area contributed by atoms with Gasteiger partial charge in [-0.2, -0.15) is 0 Å². The molecule has 2 fully saturated rings. The highest BCUT2D eigenvalue weighted by Gasteiger charge is 2.36. The number of nitrogens with zero attached hydrogens (tertiary/aromatic N) is 3. The summed E-state index contributed by atoms with van der Waals surface area (Å²) in [5.41, 5.74) is 2.92. The van der Waals surface area contributed by atoms with E-state index in [1.165, 1.54) is 19.4 Å². The third-order valence-electron chi connectivity index (χ3n) is 5.36. The lowest BCUT2D eigenvalue weighted by molar-refractivity contribution is 0.0861. The molecule has 3 heterocycles. The van der Waals surface area contributed by atoms with Crippen molar-refractivity contribution in [2.75, 3.05) is 25.0 Å². The largest absolute Gasteiger partial charge is 0.322 e. The van der Waals surface area contributed by atoms with Gasteiger partial charge in [0.1, 0.15) is 0 Å². The van der Waals surface area contributed by atoms with E-state index in [4.69, 9.17) is 0 Å². The van der Waals surface area contributed by atoms with Gasteiger partial charge in [0.25, 0.3) is 0 Å². The lowest BCUT2D eigenvalue weighted by Crippen LogP contribution is -2.57. The molecule has 4 rings (SSSR count). The lowest BCUT2D eigenvalue weighted by Gasteiger charge is -2.42. The van der Waals surface area contributed by atoms with Crippen LogP contribution in [0.2, 0.25) is 0 Å². The highest BCUT2D eigenvalue weighted by atomic mass is 16.2. The Morgan fingerprint density at radius 3 is 2.80 bits per heavy atom. The molecule has 2 aromatic rings. The van der Waals surface area contributed by atoms with Gasteiger partial charge in [-0.05, 0) is 50.1 Å². The number of rotatable bonds is 2. The van der Waals surface area contributed by atoms with Gasteiger partial charge in [-0.1, -0.05) is 18.2 Å². The molecule has 0 radical (unpaired) electrons. The van der Waals surface area contributed by atoms with Crippen LogP contribution in [-0.4, -0.2) is 52.5 Å². The number of pyridine rings is 1. The van der Waals surface area contributed by atoms with Crippen LogP contribution in [-0.2, 0) is 0 Å². The zero-order valence-electron chi connectivity index (χ0n) is 14.6. The minimum atomic E-state index is 0.000515. The summed E-state index contributed by atoms with van der Waals surface area (Å²) in [5.74, 6) is 0. The highest BCUT2D eigenvalue weighted by Crippen LogP contribution is 2.29. The standard InChI is InChI=1S/C20H24N4O/c1-15-13-23-12-4-5-17(23)14-24(15)20(25)22-19-7-3-2-6-18(19)16-8-10-21-11-9-16/h2-3,6-11,15,17H,4-5,12-14H2,1H3,(H,22,25)/t15-,17+/m0/s1. The van der Waals surface area contributed by atoms with Crippen molar-refractivity contribution in [3.05, 3.63) is 48.8 Å². The number of amides is 2. The third kappa shape index (κ3) is 3.24. The van der Waals surface area contributed by atoms with E-state index in [2.05, 4.69) is 22.1 Å². The number of aromatic nitrogens is 1. The second-order valence-corrected chi connectivity index (χ2v) is 7.00. The number of carbonyl (C=O) groups is 1. The van der Waals surface area contributed by atoms with Gasteiger partial charge in [0.15, 0.2) is 0 Å². The number of piperazine rings is 1. The first-order chi connectivity index (χ1) is 12.2. The molecule has 2 aliphatic heterocycles. The Morgan fingerprint density at radius 2 is 1.96 bits per heavy atom. The predicted molar refractivity (Wildman–Crippen MR) is 99.5 cm³/mol. The van der Waals surface area contributed by atoms with E-state index in [0.717, 1.165) is 29.9 Å². The van der Waals surface area contributed by atoms with Gasteiger partial charge in [-0.15, -0.1) is 0 Å². The number of carbonyl (C=O) groups excluding carboxylic acids is 1. The Kier molecular flexibility index (Phi) is 4.40. The monoisotopic (exact) mass is 336 g/mol. The topological polar surface area (TPSA) is 48.5 Å². The van der Waals surface area contributed by atoms with E-state index in [9.17, 15) is 4.79 Å². The number of para-hydroxylation sites is 1. The molecule has 1 N–H and O–H groups in total. The van der Waals surface area contributed by atoms with Crippen molar-refractivity contribution < 1.29 is 4.79 Å². The van der Waals surface area contributed by atoms with Crippen LogP contribution in [0.5, 0.6) is 0 Å². The number of fused-ring (bicyclic) bond motifs is 1. The van der Waals surface area contributed by atoms with Crippen molar-refractivity contribution >= 4 is 11.7 Å². The summed E-state index contributed by atoms with van der Waals surface area (Å²) >= 11 is 0. The molecule has 2 atom stereocenters. The van der Waals surface area contributed by atoms with Crippen LogP contribution in [0.4, 0.5) is 10.5 Å². The Labute approximate surface area is 148 Å². The zero-order valence-corrected chi connectivity index (χ0v) is 14.6. The average Bonchev–Trinajstić information content (AvgIpc) is 3.09.